The van der Waals surface area contributed by atoms with Crippen molar-refractivity contribution in [1.29, 1.82) is 0 Å². The fraction of sp³-hybridized carbons (Fsp3) is 0.412. The van der Waals surface area contributed by atoms with Gasteiger partial charge in [-0.15, -0.1) is 0 Å². The maximum absolute atomic E-state index is 11.6. The number of rotatable bonds is 9. The molecule has 0 aromatic heterocycles. The average Bonchev–Trinajstić information content (AvgIpc) is 3.11. The molecule has 1 saturated heterocycles. The van der Waals surface area contributed by atoms with Crippen molar-refractivity contribution < 1.29 is 28.7 Å². The summed E-state index contributed by atoms with van der Waals surface area (Å²) >= 11 is 1.11. The Morgan fingerprint density at radius 2 is 2.12 bits per heavy atom. The number of amides is 1. The minimum Gasteiger partial charge on any atom is -0.465 e. The lowest BCUT2D eigenvalue weighted by Gasteiger charge is -2.10. The van der Waals surface area contributed by atoms with Gasteiger partial charge in [-0.2, -0.15) is 4.28 Å². The predicted octanol–water partition coefficient (Wildman–Crippen LogP) is 3.05. The summed E-state index contributed by atoms with van der Waals surface area (Å²) in [5.74, 6) is -0.752. The van der Waals surface area contributed by atoms with E-state index in [2.05, 4.69) is 0 Å². The number of hydrogen-bond acceptors (Lipinski definition) is 8. The van der Waals surface area contributed by atoms with Gasteiger partial charge < -0.3 is 9.57 Å². The number of carbonyl (C=O) groups excluding carboxylic acids is 2. The van der Waals surface area contributed by atoms with E-state index in [1.807, 2.05) is 6.07 Å². The van der Waals surface area contributed by atoms with Gasteiger partial charge in [-0.25, -0.2) is 10.3 Å². The third kappa shape index (κ3) is 6.68. The van der Waals surface area contributed by atoms with Gasteiger partial charge in [0, 0.05) is 6.42 Å². The van der Waals surface area contributed by atoms with E-state index in [1.165, 1.54) is 12.3 Å². The van der Waals surface area contributed by atoms with Gasteiger partial charge in [-0.05, 0) is 41.8 Å². The highest BCUT2D eigenvalue weighted by atomic mass is 32.2. The summed E-state index contributed by atoms with van der Waals surface area (Å²) in [5.41, 5.74) is 2.89. The van der Waals surface area contributed by atoms with Crippen molar-refractivity contribution >= 4 is 30.0 Å². The zero-order valence-electron chi connectivity index (χ0n) is 14.5. The molecule has 0 atom stereocenters. The van der Waals surface area contributed by atoms with Gasteiger partial charge in [0.15, 0.2) is 0 Å². The van der Waals surface area contributed by atoms with Gasteiger partial charge in [0.25, 0.3) is 0 Å². The molecule has 0 bridgehead atoms. The fourth-order valence-electron chi connectivity index (χ4n) is 2.29. The summed E-state index contributed by atoms with van der Waals surface area (Å²) < 4.78 is 10.1. The van der Waals surface area contributed by atoms with Gasteiger partial charge in [-0.1, -0.05) is 25.0 Å². The first-order valence-electron chi connectivity index (χ1n) is 8.25. The zero-order valence-corrected chi connectivity index (χ0v) is 15.3. The first-order chi connectivity index (χ1) is 12.6. The number of benzene rings is 1. The molecular weight excluding hydrogens is 360 g/mol. The topological polar surface area (TPSA) is 97.3 Å². The molecule has 1 aliphatic rings. The molecule has 142 valence electrons. The molecular formula is C17H22N2O6S. The van der Waals surface area contributed by atoms with Crippen LogP contribution in [0.15, 0.2) is 29.4 Å². The molecule has 2 rings (SSSR count). The molecule has 8 nitrogen and oxygen atoms in total. The second kappa shape index (κ2) is 10.8. The van der Waals surface area contributed by atoms with Crippen molar-refractivity contribution in [2.75, 3.05) is 13.7 Å². The molecule has 2 N–H and O–H groups in total. The largest absolute Gasteiger partial charge is 0.465 e. The van der Waals surface area contributed by atoms with E-state index >= 15 is 0 Å². The van der Waals surface area contributed by atoms with E-state index in [0.717, 1.165) is 43.3 Å². The highest BCUT2D eigenvalue weighted by molar-refractivity contribution is 7.98. The van der Waals surface area contributed by atoms with Crippen LogP contribution in [0.2, 0.25) is 0 Å². The summed E-state index contributed by atoms with van der Waals surface area (Å²) in [6, 6.07) is 7.03. The van der Waals surface area contributed by atoms with E-state index in [4.69, 9.17) is 19.1 Å². The Hall–Kier alpha value is -2.07. The summed E-state index contributed by atoms with van der Waals surface area (Å²) in [7, 11) is 1.34. The summed E-state index contributed by atoms with van der Waals surface area (Å²) in [4.78, 5) is 28.0. The minimum absolute atomic E-state index is 0.320. The standard InChI is InChI=1S/C17H22N2O6S/c1-23-17(21)14-8-6-7-13(11-14)12-16-24-19(25-26-16)10-5-3-2-4-9-15(20)18-22/h6-8,11-12,22H,2-5,9-10H2,1H3,(H,18,20)/b16-12-. The molecule has 0 spiro atoms. The van der Waals surface area contributed by atoms with Crippen molar-refractivity contribution in [3.05, 3.63) is 40.5 Å². The van der Waals surface area contributed by atoms with Crippen LogP contribution in [0.4, 0.5) is 0 Å². The minimum atomic E-state index is -0.389. The van der Waals surface area contributed by atoms with Crippen LogP contribution in [0.25, 0.3) is 6.08 Å². The number of esters is 1. The lowest BCUT2D eigenvalue weighted by atomic mass is 10.1. The summed E-state index contributed by atoms with van der Waals surface area (Å²) in [6.07, 6.45) is 5.49. The number of hydrogen-bond donors (Lipinski definition) is 2. The Balaban J connectivity index is 1.72. The summed E-state index contributed by atoms with van der Waals surface area (Å²) in [6.45, 7) is 0.596. The Kier molecular flexibility index (Phi) is 8.42. The van der Waals surface area contributed by atoms with Crippen molar-refractivity contribution in [2.45, 2.75) is 32.1 Å². The Labute approximate surface area is 156 Å². The molecule has 26 heavy (non-hydrogen) atoms. The van der Waals surface area contributed by atoms with Crippen LogP contribution < -0.4 is 5.48 Å². The van der Waals surface area contributed by atoms with Crippen LogP contribution >= 0.6 is 12.0 Å². The smallest absolute Gasteiger partial charge is 0.337 e. The van der Waals surface area contributed by atoms with Crippen molar-refractivity contribution in [3.8, 4) is 0 Å². The van der Waals surface area contributed by atoms with E-state index in [1.54, 1.807) is 29.8 Å². The number of nitrogens with one attached hydrogen (secondary N) is 1. The number of nitrogens with zero attached hydrogens (tertiary/aromatic N) is 1. The lowest BCUT2D eigenvalue weighted by molar-refractivity contribution is -0.259. The van der Waals surface area contributed by atoms with E-state index < -0.39 is 0 Å². The van der Waals surface area contributed by atoms with Crippen LogP contribution in [-0.2, 0) is 18.7 Å². The SMILES string of the molecule is COC(=O)c1cccc(/C=C2/ON(CCCCCCC(=O)NO)OS2)c1. The van der Waals surface area contributed by atoms with Crippen molar-refractivity contribution in [3.63, 3.8) is 0 Å². The first-order valence-corrected chi connectivity index (χ1v) is 8.99. The molecule has 1 fully saturated rings. The normalized spacial score (nSPS) is 15.7. The van der Waals surface area contributed by atoms with Gasteiger partial charge >= 0.3 is 5.97 Å². The molecule has 0 saturated carbocycles. The van der Waals surface area contributed by atoms with Gasteiger partial charge in [0.05, 0.1) is 31.3 Å². The molecule has 1 heterocycles. The maximum Gasteiger partial charge on any atom is 0.337 e. The Bertz CT molecular complexity index is 652. The quantitative estimate of drug-likeness (QED) is 0.221. The van der Waals surface area contributed by atoms with Gasteiger partial charge in [-0.3, -0.25) is 10.0 Å². The predicted molar refractivity (Wildman–Crippen MR) is 95.2 cm³/mol. The van der Waals surface area contributed by atoms with Crippen LogP contribution in [-0.4, -0.2) is 36.0 Å². The van der Waals surface area contributed by atoms with Crippen LogP contribution in [0.3, 0.4) is 0 Å². The maximum atomic E-state index is 11.6. The molecule has 1 aromatic carbocycles. The van der Waals surface area contributed by atoms with Crippen molar-refractivity contribution in [2.24, 2.45) is 0 Å². The molecule has 9 heteroatoms. The highest BCUT2D eigenvalue weighted by Gasteiger charge is 2.21. The van der Waals surface area contributed by atoms with E-state index in [0.29, 0.717) is 23.6 Å². The van der Waals surface area contributed by atoms with E-state index in [9.17, 15) is 9.59 Å². The highest BCUT2D eigenvalue weighted by Crippen LogP contribution is 2.31. The fourth-order valence-corrected chi connectivity index (χ4v) is 2.85. The number of ether oxygens (including phenoxy) is 1. The zero-order chi connectivity index (χ0) is 18.8. The van der Waals surface area contributed by atoms with Crippen molar-refractivity contribution in [1.82, 2.24) is 10.7 Å². The number of methoxy groups -OCH3 is 1. The van der Waals surface area contributed by atoms with E-state index in [-0.39, 0.29) is 11.9 Å². The monoisotopic (exact) mass is 382 g/mol. The average molecular weight is 382 g/mol. The molecule has 1 aromatic rings. The van der Waals surface area contributed by atoms with Crippen LogP contribution in [0.1, 0.15) is 48.0 Å². The number of hydroxylamine groups is 3. The molecule has 0 aliphatic carbocycles. The first kappa shape index (κ1) is 20.2. The Morgan fingerprint density at radius 1 is 1.31 bits per heavy atom. The molecule has 0 unspecified atom stereocenters. The third-order valence-electron chi connectivity index (χ3n) is 3.61. The Morgan fingerprint density at radius 3 is 2.88 bits per heavy atom. The molecule has 1 amide bonds. The van der Waals surface area contributed by atoms with Crippen LogP contribution in [0, 0.1) is 0 Å². The number of unbranched alkanes of at least 4 members (excludes halogenated alkanes) is 3. The molecule has 1 aliphatic heterocycles. The second-order valence-electron chi connectivity index (χ2n) is 5.59. The van der Waals surface area contributed by atoms with Gasteiger partial charge in [0.2, 0.25) is 11.0 Å². The van der Waals surface area contributed by atoms with Gasteiger partial charge in [0.1, 0.15) is 0 Å². The number of carbonyl (C=O) groups is 2. The third-order valence-corrected chi connectivity index (χ3v) is 4.20. The lowest BCUT2D eigenvalue weighted by Crippen LogP contribution is -2.18. The van der Waals surface area contributed by atoms with Crippen LogP contribution in [0.5, 0.6) is 0 Å². The molecule has 0 radical (unpaired) electrons. The second-order valence-corrected chi connectivity index (χ2v) is 6.30. The summed E-state index contributed by atoms with van der Waals surface area (Å²) in [5, 5.41) is 10.4.